The van der Waals surface area contributed by atoms with Gasteiger partial charge in [0.2, 0.25) is 9.60 Å². The van der Waals surface area contributed by atoms with Crippen molar-refractivity contribution in [2.75, 3.05) is 11.4 Å². The predicted octanol–water partition coefficient (Wildman–Crippen LogP) is 2.45. The fourth-order valence-corrected chi connectivity index (χ4v) is 2.90. The highest BCUT2D eigenvalue weighted by Crippen LogP contribution is 2.30. The number of carboxylic acid groups (broad SMARTS) is 1. The maximum absolute atomic E-state index is 10.8. The molecule has 1 aromatic rings. The van der Waals surface area contributed by atoms with E-state index >= 15 is 0 Å². The van der Waals surface area contributed by atoms with Crippen LogP contribution < -0.4 is 4.90 Å². The number of aliphatic carboxylic acids is 1. The average Bonchev–Trinajstić information content (AvgIpc) is 2.65. The average molecular weight is 298 g/mol. The Balaban J connectivity index is 0.00000144. The van der Waals surface area contributed by atoms with Crippen molar-refractivity contribution in [1.82, 2.24) is 10.2 Å². The highest BCUT2D eigenvalue weighted by molar-refractivity contribution is 7.19. The van der Waals surface area contributed by atoms with E-state index in [2.05, 4.69) is 10.2 Å². The van der Waals surface area contributed by atoms with Crippen LogP contribution in [0.4, 0.5) is 5.13 Å². The molecule has 0 amide bonds. The molecule has 1 saturated heterocycles. The lowest BCUT2D eigenvalue weighted by Crippen LogP contribution is -2.40. The molecule has 17 heavy (non-hydrogen) atoms. The Morgan fingerprint density at radius 2 is 2.29 bits per heavy atom. The Hall–Kier alpha value is -0.590. The SMILES string of the molecule is Cl.O=C(O)CC1CCCCN1c1nnc(Cl)s1. The van der Waals surface area contributed by atoms with Gasteiger partial charge in [-0.05, 0) is 30.9 Å². The summed E-state index contributed by atoms with van der Waals surface area (Å²) in [7, 11) is 0. The molecular formula is C9H13Cl2N3O2S. The number of halogens is 2. The van der Waals surface area contributed by atoms with E-state index in [0.717, 1.165) is 30.9 Å². The van der Waals surface area contributed by atoms with Gasteiger partial charge in [-0.25, -0.2) is 0 Å². The van der Waals surface area contributed by atoms with Gasteiger partial charge in [0, 0.05) is 12.6 Å². The van der Waals surface area contributed by atoms with Gasteiger partial charge in [0.1, 0.15) is 0 Å². The summed E-state index contributed by atoms with van der Waals surface area (Å²) in [4.78, 5) is 12.8. The largest absolute Gasteiger partial charge is 0.481 e. The Kier molecular flexibility index (Phi) is 5.42. The second-order valence-electron chi connectivity index (χ2n) is 3.78. The number of carboxylic acids is 1. The van der Waals surface area contributed by atoms with E-state index in [0.29, 0.717) is 4.47 Å². The molecule has 0 saturated carbocycles. The topological polar surface area (TPSA) is 66.3 Å². The molecule has 0 aliphatic carbocycles. The first-order valence-corrected chi connectivity index (χ1v) is 6.33. The highest BCUT2D eigenvalue weighted by Gasteiger charge is 2.27. The standard InChI is InChI=1S/C9H12ClN3O2S.ClH/c10-8-11-12-9(16-8)13-4-2-1-3-6(13)5-7(14)15;/h6H,1-5H2,(H,14,15);1H. The van der Waals surface area contributed by atoms with E-state index in [9.17, 15) is 4.79 Å². The van der Waals surface area contributed by atoms with E-state index in [1.54, 1.807) is 0 Å². The van der Waals surface area contributed by atoms with Crippen molar-refractivity contribution < 1.29 is 9.90 Å². The fourth-order valence-electron chi connectivity index (χ4n) is 1.98. The molecule has 0 bridgehead atoms. The zero-order valence-corrected chi connectivity index (χ0v) is 11.4. The van der Waals surface area contributed by atoms with Crippen LogP contribution in [0, 0.1) is 0 Å². The Morgan fingerprint density at radius 1 is 1.53 bits per heavy atom. The van der Waals surface area contributed by atoms with E-state index in [-0.39, 0.29) is 24.9 Å². The molecule has 5 nitrogen and oxygen atoms in total. The summed E-state index contributed by atoms with van der Waals surface area (Å²) in [6.07, 6.45) is 3.18. The Morgan fingerprint density at radius 3 is 2.88 bits per heavy atom. The molecule has 1 aromatic heterocycles. The highest BCUT2D eigenvalue weighted by atomic mass is 35.5. The van der Waals surface area contributed by atoms with Crippen LogP contribution in [0.5, 0.6) is 0 Å². The van der Waals surface area contributed by atoms with Gasteiger partial charge in [-0.3, -0.25) is 4.79 Å². The van der Waals surface area contributed by atoms with Gasteiger partial charge in [-0.2, -0.15) is 0 Å². The van der Waals surface area contributed by atoms with Crippen LogP contribution >= 0.6 is 35.3 Å². The van der Waals surface area contributed by atoms with Crippen LogP contribution in [-0.4, -0.2) is 33.9 Å². The zero-order chi connectivity index (χ0) is 11.5. The third-order valence-electron chi connectivity index (χ3n) is 2.67. The second kappa shape index (κ2) is 6.37. The number of carbonyl (C=O) groups is 1. The number of piperidine rings is 1. The minimum absolute atomic E-state index is 0. The normalized spacial score (nSPS) is 19.8. The van der Waals surface area contributed by atoms with Crippen LogP contribution in [0.3, 0.4) is 0 Å². The van der Waals surface area contributed by atoms with Crippen molar-refractivity contribution in [2.45, 2.75) is 31.7 Å². The van der Waals surface area contributed by atoms with E-state index < -0.39 is 5.97 Å². The van der Waals surface area contributed by atoms with E-state index in [1.165, 1.54) is 11.3 Å². The Bertz CT molecular complexity index is 388. The maximum Gasteiger partial charge on any atom is 0.305 e. The molecule has 1 fully saturated rings. The number of hydrogen-bond donors (Lipinski definition) is 1. The molecular weight excluding hydrogens is 285 g/mol. The molecule has 8 heteroatoms. The van der Waals surface area contributed by atoms with Crippen LogP contribution in [-0.2, 0) is 4.79 Å². The molecule has 2 rings (SSSR count). The van der Waals surface area contributed by atoms with Crippen molar-refractivity contribution in [2.24, 2.45) is 0 Å². The number of aromatic nitrogens is 2. The first-order valence-electron chi connectivity index (χ1n) is 5.14. The summed E-state index contributed by atoms with van der Waals surface area (Å²) in [5, 5.41) is 17.3. The molecule has 1 aliphatic heterocycles. The van der Waals surface area contributed by atoms with Crippen molar-refractivity contribution in [3.05, 3.63) is 4.47 Å². The lowest BCUT2D eigenvalue weighted by Gasteiger charge is -2.34. The summed E-state index contributed by atoms with van der Waals surface area (Å²) in [5.41, 5.74) is 0. The quantitative estimate of drug-likeness (QED) is 0.928. The van der Waals surface area contributed by atoms with Crippen LogP contribution in [0.25, 0.3) is 0 Å². The number of anilines is 1. The molecule has 1 unspecified atom stereocenters. The summed E-state index contributed by atoms with van der Waals surface area (Å²) >= 11 is 7.04. The van der Waals surface area contributed by atoms with Gasteiger partial charge in [-0.15, -0.1) is 22.6 Å². The summed E-state index contributed by atoms with van der Waals surface area (Å²) in [6.45, 7) is 0.837. The van der Waals surface area contributed by atoms with Gasteiger partial charge in [-0.1, -0.05) is 11.3 Å². The molecule has 96 valence electrons. The first kappa shape index (κ1) is 14.5. The molecule has 1 aliphatic rings. The lowest BCUT2D eigenvalue weighted by molar-refractivity contribution is -0.137. The number of nitrogens with zero attached hydrogens (tertiary/aromatic N) is 3. The van der Waals surface area contributed by atoms with E-state index in [4.69, 9.17) is 16.7 Å². The molecule has 1 N–H and O–H groups in total. The van der Waals surface area contributed by atoms with Gasteiger partial charge < -0.3 is 10.0 Å². The van der Waals surface area contributed by atoms with E-state index in [1.807, 2.05) is 4.90 Å². The fraction of sp³-hybridized carbons (Fsp3) is 0.667. The maximum atomic E-state index is 10.8. The smallest absolute Gasteiger partial charge is 0.305 e. The summed E-state index contributed by atoms with van der Waals surface area (Å²) < 4.78 is 0.398. The molecule has 2 heterocycles. The van der Waals surface area contributed by atoms with Gasteiger partial charge in [0.05, 0.1) is 6.42 Å². The lowest BCUT2D eigenvalue weighted by atomic mass is 10.0. The molecule has 0 radical (unpaired) electrons. The van der Waals surface area contributed by atoms with Crippen LogP contribution in [0.15, 0.2) is 0 Å². The first-order chi connectivity index (χ1) is 7.66. The van der Waals surface area contributed by atoms with Crippen LogP contribution in [0.2, 0.25) is 4.47 Å². The van der Waals surface area contributed by atoms with Crippen molar-refractivity contribution in [1.29, 1.82) is 0 Å². The predicted molar refractivity (Wildman–Crippen MR) is 69.4 cm³/mol. The molecule has 0 aromatic carbocycles. The van der Waals surface area contributed by atoms with Crippen molar-refractivity contribution >= 4 is 46.4 Å². The second-order valence-corrected chi connectivity index (χ2v) is 5.32. The Labute approximate surface area is 114 Å². The third-order valence-corrected chi connectivity index (χ3v) is 3.73. The van der Waals surface area contributed by atoms with Crippen molar-refractivity contribution in [3.63, 3.8) is 0 Å². The third kappa shape index (κ3) is 3.69. The molecule has 1 atom stereocenters. The summed E-state index contributed by atoms with van der Waals surface area (Å²) in [6, 6.07) is 0.0234. The van der Waals surface area contributed by atoms with Crippen LogP contribution in [0.1, 0.15) is 25.7 Å². The van der Waals surface area contributed by atoms with Gasteiger partial charge in [0.25, 0.3) is 0 Å². The minimum atomic E-state index is -0.771. The summed E-state index contributed by atoms with van der Waals surface area (Å²) in [5.74, 6) is -0.771. The monoisotopic (exact) mass is 297 g/mol. The minimum Gasteiger partial charge on any atom is -0.481 e. The van der Waals surface area contributed by atoms with Crippen molar-refractivity contribution in [3.8, 4) is 0 Å². The number of hydrogen-bond acceptors (Lipinski definition) is 5. The van der Waals surface area contributed by atoms with Gasteiger partial charge >= 0.3 is 5.97 Å². The number of rotatable bonds is 3. The van der Waals surface area contributed by atoms with Gasteiger partial charge in [0.15, 0.2) is 0 Å². The zero-order valence-electron chi connectivity index (χ0n) is 9.00. The molecule has 0 spiro atoms.